The van der Waals surface area contributed by atoms with E-state index in [1.165, 1.54) is 14.0 Å². The number of benzene rings is 1. The van der Waals surface area contributed by atoms with Gasteiger partial charge in [-0.25, -0.2) is 0 Å². The third-order valence-electron chi connectivity index (χ3n) is 2.37. The maximum absolute atomic E-state index is 10.7. The lowest BCUT2D eigenvalue weighted by molar-refractivity contribution is 0.209. The molecule has 0 aromatic heterocycles. The predicted octanol–water partition coefficient (Wildman–Crippen LogP) is 1.00. The first-order valence-corrected chi connectivity index (χ1v) is 6.15. The van der Waals surface area contributed by atoms with E-state index in [2.05, 4.69) is 0 Å². The van der Waals surface area contributed by atoms with E-state index in [4.69, 9.17) is 9.29 Å². The van der Waals surface area contributed by atoms with Gasteiger partial charge in [0.2, 0.25) is 0 Å². The van der Waals surface area contributed by atoms with Crippen LogP contribution in [0.5, 0.6) is 5.75 Å². The van der Waals surface area contributed by atoms with Gasteiger partial charge in [0.15, 0.2) is 5.44 Å². The second-order valence-corrected chi connectivity index (χ2v) is 4.98. The van der Waals surface area contributed by atoms with Crippen LogP contribution in [0.3, 0.4) is 0 Å². The first-order valence-electron chi connectivity index (χ1n) is 4.64. The number of ether oxygens (including phenoxy) is 1. The standard InChI is InChI=1S/C10H14O5S/c1-7(10(11)16(12,13)14)8-3-5-9(15-2)6-4-8/h3-7,10-11H,1-2H3,(H,12,13,14). The summed E-state index contributed by atoms with van der Waals surface area (Å²) in [4.78, 5) is 0. The van der Waals surface area contributed by atoms with Crippen LogP contribution in [-0.4, -0.2) is 30.6 Å². The predicted molar refractivity (Wildman–Crippen MR) is 59.0 cm³/mol. The fraction of sp³-hybridized carbons (Fsp3) is 0.400. The zero-order chi connectivity index (χ0) is 12.3. The normalized spacial score (nSPS) is 15.5. The van der Waals surface area contributed by atoms with Crippen molar-refractivity contribution in [1.82, 2.24) is 0 Å². The number of aliphatic hydroxyl groups is 1. The molecule has 1 aromatic rings. The molecule has 0 aliphatic rings. The van der Waals surface area contributed by atoms with Gasteiger partial charge in [-0.05, 0) is 17.7 Å². The molecule has 0 amide bonds. The Morgan fingerprint density at radius 2 is 1.75 bits per heavy atom. The molecule has 2 N–H and O–H groups in total. The van der Waals surface area contributed by atoms with Gasteiger partial charge < -0.3 is 9.84 Å². The Labute approximate surface area is 94.4 Å². The van der Waals surface area contributed by atoms with Crippen LogP contribution < -0.4 is 4.74 Å². The quantitative estimate of drug-likeness (QED) is 0.774. The Hall–Kier alpha value is -1.11. The minimum Gasteiger partial charge on any atom is -0.497 e. The molecule has 1 rings (SSSR count). The van der Waals surface area contributed by atoms with Gasteiger partial charge in [0.1, 0.15) is 5.75 Å². The molecule has 1 aromatic carbocycles. The van der Waals surface area contributed by atoms with Crippen LogP contribution in [0.2, 0.25) is 0 Å². The number of hydrogen-bond acceptors (Lipinski definition) is 4. The molecule has 2 unspecified atom stereocenters. The zero-order valence-electron chi connectivity index (χ0n) is 8.99. The van der Waals surface area contributed by atoms with Crippen molar-refractivity contribution >= 4 is 10.1 Å². The van der Waals surface area contributed by atoms with Crippen molar-refractivity contribution in [2.45, 2.75) is 18.3 Å². The summed E-state index contributed by atoms with van der Waals surface area (Å²) in [5.74, 6) is -0.0711. The van der Waals surface area contributed by atoms with Gasteiger partial charge in [-0.3, -0.25) is 4.55 Å². The number of hydrogen-bond donors (Lipinski definition) is 2. The maximum atomic E-state index is 10.7. The molecule has 0 saturated heterocycles. The highest BCUT2D eigenvalue weighted by Gasteiger charge is 2.27. The first kappa shape index (κ1) is 13.0. The molecule has 0 saturated carbocycles. The zero-order valence-corrected chi connectivity index (χ0v) is 9.81. The summed E-state index contributed by atoms with van der Waals surface area (Å²) in [6.45, 7) is 1.51. The molecule has 0 fully saturated rings. The van der Waals surface area contributed by atoms with Gasteiger partial charge in [-0.1, -0.05) is 19.1 Å². The summed E-state index contributed by atoms with van der Waals surface area (Å²) in [7, 11) is -2.92. The van der Waals surface area contributed by atoms with Gasteiger partial charge in [0, 0.05) is 5.92 Å². The van der Waals surface area contributed by atoms with Crippen LogP contribution in [-0.2, 0) is 10.1 Å². The molecule has 0 aliphatic carbocycles. The molecular weight excluding hydrogens is 232 g/mol. The number of aliphatic hydroxyl groups excluding tert-OH is 1. The molecule has 5 nitrogen and oxygen atoms in total. The highest BCUT2D eigenvalue weighted by molar-refractivity contribution is 7.86. The van der Waals surface area contributed by atoms with Gasteiger partial charge in [0.05, 0.1) is 7.11 Å². The van der Waals surface area contributed by atoms with E-state index in [1.54, 1.807) is 24.3 Å². The smallest absolute Gasteiger partial charge is 0.292 e. The topological polar surface area (TPSA) is 83.8 Å². The summed E-state index contributed by atoms with van der Waals surface area (Å²) in [5, 5.41) is 9.36. The van der Waals surface area contributed by atoms with E-state index < -0.39 is 21.5 Å². The SMILES string of the molecule is COc1ccc(C(C)C(O)S(=O)(=O)O)cc1. The number of methoxy groups -OCH3 is 1. The lowest BCUT2D eigenvalue weighted by Gasteiger charge is -2.16. The average molecular weight is 246 g/mol. The summed E-state index contributed by atoms with van der Waals surface area (Å²) >= 11 is 0. The van der Waals surface area contributed by atoms with Gasteiger partial charge >= 0.3 is 0 Å². The Morgan fingerprint density at radius 1 is 1.25 bits per heavy atom. The van der Waals surface area contributed by atoms with Crippen molar-refractivity contribution in [2.75, 3.05) is 7.11 Å². The minimum absolute atomic E-state index is 0.603. The lowest BCUT2D eigenvalue weighted by Crippen LogP contribution is -2.25. The fourth-order valence-corrected chi connectivity index (χ4v) is 2.00. The van der Waals surface area contributed by atoms with Crippen LogP contribution in [0.15, 0.2) is 24.3 Å². The van der Waals surface area contributed by atoms with E-state index in [9.17, 15) is 13.5 Å². The molecule has 16 heavy (non-hydrogen) atoms. The van der Waals surface area contributed by atoms with Crippen molar-refractivity contribution in [3.8, 4) is 5.75 Å². The van der Waals surface area contributed by atoms with Crippen molar-refractivity contribution in [1.29, 1.82) is 0 Å². The highest BCUT2D eigenvalue weighted by atomic mass is 32.2. The van der Waals surface area contributed by atoms with Crippen molar-refractivity contribution in [2.24, 2.45) is 0 Å². The Bertz CT molecular complexity index is 437. The van der Waals surface area contributed by atoms with E-state index in [1.807, 2.05) is 0 Å². The summed E-state index contributed by atoms with van der Waals surface area (Å²) < 4.78 is 35.2. The van der Waals surface area contributed by atoms with Crippen LogP contribution in [0, 0.1) is 0 Å². The molecule has 0 aliphatic heterocycles. The molecule has 6 heteroatoms. The van der Waals surface area contributed by atoms with E-state index in [0.29, 0.717) is 11.3 Å². The molecular formula is C10H14O5S. The molecule has 0 radical (unpaired) electrons. The van der Waals surface area contributed by atoms with Crippen LogP contribution in [0.4, 0.5) is 0 Å². The van der Waals surface area contributed by atoms with Crippen LogP contribution >= 0.6 is 0 Å². The Kier molecular flexibility index (Phi) is 3.90. The van der Waals surface area contributed by atoms with Gasteiger partial charge in [-0.15, -0.1) is 0 Å². The summed E-state index contributed by atoms with van der Waals surface area (Å²) in [6.07, 6.45) is 0. The Balaban J connectivity index is 2.92. The average Bonchev–Trinajstić information content (AvgIpc) is 2.26. The minimum atomic E-state index is -4.44. The molecule has 0 bridgehead atoms. The molecule has 90 valence electrons. The van der Waals surface area contributed by atoms with E-state index in [-0.39, 0.29) is 0 Å². The van der Waals surface area contributed by atoms with Crippen molar-refractivity contribution in [3.63, 3.8) is 0 Å². The van der Waals surface area contributed by atoms with E-state index >= 15 is 0 Å². The van der Waals surface area contributed by atoms with E-state index in [0.717, 1.165) is 0 Å². The van der Waals surface area contributed by atoms with Crippen LogP contribution in [0.1, 0.15) is 18.4 Å². The molecule has 2 atom stereocenters. The molecule has 0 spiro atoms. The molecule has 0 heterocycles. The highest BCUT2D eigenvalue weighted by Crippen LogP contribution is 2.24. The summed E-state index contributed by atoms with van der Waals surface area (Å²) in [6, 6.07) is 6.58. The lowest BCUT2D eigenvalue weighted by atomic mass is 10.0. The van der Waals surface area contributed by atoms with Crippen molar-refractivity contribution in [3.05, 3.63) is 29.8 Å². The monoisotopic (exact) mass is 246 g/mol. The van der Waals surface area contributed by atoms with Crippen LogP contribution in [0.25, 0.3) is 0 Å². The second-order valence-electron chi connectivity index (χ2n) is 3.47. The van der Waals surface area contributed by atoms with Crippen molar-refractivity contribution < 1.29 is 22.8 Å². The number of rotatable bonds is 4. The third kappa shape index (κ3) is 2.94. The Morgan fingerprint density at radius 3 is 2.12 bits per heavy atom. The largest absolute Gasteiger partial charge is 0.497 e. The van der Waals surface area contributed by atoms with Gasteiger partial charge in [0.25, 0.3) is 10.1 Å². The second kappa shape index (κ2) is 4.82. The first-order chi connectivity index (χ1) is 7.36. The third-order valence-corrected chi connectivity index (χ3v) is 3.39. The fourth-order valence-electron chi connectivity index (χ4n) is 1.33. The maximum Gasteiger partial charge on any atom is 0.292 e. The summed E-state index contributed by atoms with van der Waals surface area (Å²) in [5.41, 5.74) is -1.22. The van der Waals surface area contributed by atoms with Gasteiger partial charge in [-0.2, -0.15) is 8.42 Å².